The summed E-state index contributed by atoms with van der Waals surface area (Å²) in [5.74, 6) is 0. The van der Waals surface area contributed by atoms with Crippen LogP contribution >= 0.6 is 11.3 Å². The molecule has 172 valence electrons. The number of quaternary nitrogens is 1. The molecule has 4 heterocycles. The molecule has 2 aromatic carbocycles. The van der Waals surface area contributed by atoms with Crippen molar-refractivity contribution < 1.29 is 9.41 Å². The number of nitrogens with zero attached hydrogens (tertiary/aromatic N) is 7. The first-order chi connectivity index (χ1) is 16.0. The quantitative estimate of drug-likeness (QED) is 0.210. The summed E-state index contributed by atoms with van der Waals surface area (Å²) in [5.41, 5.74) is 2.56. The van der Waals surface area contributed by atoms with Gasteiger partial charge in [-0.05, 0) is 37.3 Å². The van der Waals surface area contributed by atoms with E-state index in [-0.39, 0.29) is 5.69 Å². The molecule has 3 aromatic rings. The predicted molar refractivity (Wildman–Crippen MR) is 131 cm³/mol. The van der Waals surface area contributed by atoms with Gasteiger partial charge in [-0.1, -0.05) is 11.3 Å². The van der Waals surface area contributed by atoms with Crippen LogP contribution in [0.4, 0.5) is 22.2 Å². The second-order valence-electron chi connectivity index (χ2n) is 8.78. The van der Waals surface area contributed by atoms with Crippen LogP contribution in [0.15, 0.2) is 52.7 Å². The minimum Gasteiger partial charge on any atom is -0.366 e. The Morgan fingerprint density at radius 3 is 2.52 bits per heavy atom. The molecule has 0 spiro atoms. The molecule has 0 saturated carbocycles. The lowest BCUT2D eigenvalue weighted by Crippen LogP contribution is -2.68. The highest BCUT2D eigenvalue weighted by Gasteiger charge is 2.38. The summed E-state index contributed by atoms with van der Waals surface area (Å²) >= 11 is 1.37. The molecule has 3 fully saturated rings. The molecule has 0 amide bonds. The average Bonchev–Trinajstić information content (AvgIpc) is 3.27. The highest BCUT2D eigenvalue weighted by Crippen LogP contribution is 2.32. The van der Waals surface area contributed by atoms with Crippen LogP contribution in [0.25, 0.3) is 10.2 Å². The van der Waals surface area contributed by atoms with E-state index in [9.17, 15) is 10.1 Å². The van der Waals surface area contributed by atoms with E-state index in [4.69, 9.17) is 0 Å². The van der Waals surface area contributed by atoms with E-state index in [0.717, 1.165) is 23.5 Å². The van der Waals surface area contributed by atoms with Gasteiger partial charge in [0.25, 0.3) is 5.69 Å². The van der Waals surface area contributed by atoms with Gasteiger partial charge in [0.1, 0.15) is 0 Å². The molecule has 0 atom stereocenters. The lowest BCUT2D eigenvalue weighted by Gasteiger charge is -2.51. The summed E-state index contributed by atoms with van der Waals surface area (Å²) in [6.45, 7) is 13.1. The molecule has 10 heteroatoms. The Hall–Kier alpha value is -2.95. The number of azo groups is 1. The summed E-state index contributed by atoms with van der Waals surface area (Å²) in [4.78, 5) is 19.9. The molecule has 3 aliphatic heterocycles. The number of piperazine rings is 3. The van der Waals surface area contributed by atoms with Crippen LogP contribution in [0.5, 0.6) is 0 Å². The van der Waals surface area contributed by atoms with Crippen LogP contribution in [-0.2, 0) is 0 Å². The van der Waals surface area contributed by atoms with Crippen molar-refractivity contribution in [3.05, 3.63) is 52.6 Å². The van der Waals surface area contributed by atoms with Gasteiger partial charge in [-0.3, -0.25) is 15.0 Å². The molecule has 0 aliphatic carbocycles. The Morgan fingerprint density at radius 1 is 1.12 bits per heavy atom. The van der Waals surface area contributed by atoms with E-state index < -0.39 is 4.92 Å². The Kier molecular flexibility index (Phi) is 6.05. The van der Waals surface area contributed by atoms with E-state index in [2.05, 4.69) is 44.1 Å². The third-order valence-electron chi connectivity index (χ3n) is 6.93. The molecule has 3 aliphatic rings. The van der Waals surface area contributed by atoms with Crippen molar-refractivity contribution in [1.82, 2.24) is 9.88 Å². The van der Waals surface area contributed by atoms with Crippen molar-refractivity contribution in [3.8, 4) is 0 Å². The zero-order valence-corrected chi connectivity index (χ0v) is 19.6. The lowest BCUT2D eigenvalue weighted by molar-refractivity contribution is -0.939. The maximum atomic E-state index is 10.9. The number of rotatable bonds is 8. The number of nitro benzene ring substituents is 1. The standard InChI is InChI=1S/C23H28N7O2S/c1-2-28(12-16-30-13-9-27(10-14-30)11-15-30)19-5-3-18(4-6-19)25-26-23-24-21-17-20(29(31)32)7-8-22(21)33-23/h3-8,17H,2,9-16H2,1H3/q+1/b26-25+. The number of hydrogen-bond donors (Lipinski definition) is 0. The number of likely N-dealkylation sites (N-methyl/N-ethyl adjacent to an activating group) is 1. The lowest BCUT2D eigenvalue weighted by atomic mass is 10.1. The van der Waals surface area contributed by atoms with Gasteiger partial charge in [-0.15, -0.1) is 10.2 Å². The number of benzene rings is 2. The fourth-order valence-corrected chi connectivity index (χ4v) is 5.53. The first-order valence-electron chi connectivity index (χ1n) is 11.4. The van der Waals surface area contributed by atoms with Crippen LogP contribution in [-0.4, -0.2) is 78.2 Å². The van der Waals surface area contributed by atoms with Gasteiger partial charge in [-0.2, -0.15) is 0 Å². The number of anilines is 1. The van der Waals surface area contributed by atoms with Crippen molar-refractivity contribution in [2.45, 2.75) is 6.92 Å². The van der Waals surface area contributed by atoms with Crippen LogP contribution < -0.4 is 4.90 Å². The van der Waals surface area contributed by atoms with Gasteiger partial charge in [0.15, 0.2) is 0 Å². The normalized spacial score (nSPS) is 22.3. The number of nitro groups is 1. The van der Waals surface area contributed by atoms with Gasteiger partial charge in [-0.25, -0.2) is 4.98 Å². The maximum Gasteiger partial charge on any atom is 0.271 e. The van der Waals surface area contributed by atoms with Gasteiger partial charge in [0.2, 0.25) is 5.13 Å². The fraction of sp³-hybridized carbons (Fsp3) is 0.435. The molecular weight excluding hydrogens is 438 g/mol. The van der Waals surface area contributed by atoms with E-state index in [0.29, 0.717) is 10.6 Å². The first kappa shape index (κ1) is 21.9. The molecule has 2 bridgehead atoms. The molecule has 33 heavy (non-hydrogen) atoms. The Balaban J connectivity index is 1.23. The predicted octanol–water partition coefficient (Wildman–Crippen LogP) is 4.59. The number of thiazole rings is 1. The Labute approximate surface area is 196 Å². The number of non-ortho nitro benzene ring substituents is 1. The molecule has 0 radical (unpaired) electrons. The van der Waals surface area contributed by atoms with Crippen LogP contribution in [0.1, 0.15) is 6.92 Å². The van der Waals surface area contributed by atoms with Crippen molar-refractivity contribution in [2.24, 2.45) is 10.2 Å². The highest BCUT2D eigenvalue weighted by molar-refractivity contribution is 7.21. The van der Waals surface area contributed by atoms with Gasteiger partial charge >= 0.3 is 0 Å². The third kappa shape index (κ3) is 4.73. The van der Waals surface area contributed by atoms with Crippen LogP contribution in [0.2, 0.25) is 0 Å². The molecule has 1 aromatic heterocycles. The first-order valence-corrected chi connectivity index (χ1v) is 12.2. The van der Waals surface area contributed by atoms with E-state index in [1.165, 1.54) is 79.5 Å². The molecule has 0 N–H and O–H groups in total. The molecule has 9 nitrogen and oxygen atoms in total. The zero-order chi connectivity index (χ0) is 22.8. The molecular formula is C23H28N7O2S+. The fourth-order valence-electron chi connectivity index (χ4n) is 4.76. The maximum absolute atomic E-state index is 10.9. The molecule has 6 rings (SSSR count). The topological polar surface area (TPSA) is 87.2 Å². The number of fused-ring (bicyclic) bond motifs is 4. The number of hydrogen-bond acceptors (Lipinski definition) is 8. The van der Waals surface area contributed by atoms with Gasteiger partial charge in [0.05, 0.1) is 53.6 Å². The van der Waals surface area contributed by atoms with Crippen LogP contribution in [0.3, 0.4) is 0 Å². The Morgan fingerprint density at radius 2 is 1.85 bits per heavy atom. The largest absolute Gasteiger partial charge is 0.366 e. The summed E-state index contributed by atoms with van der Waals surface area (Å²) < 4.78 is 2.12. The second kappa shape index (κ2) is 9.12. The van der Waals surface area contributed by atoms with Crippen LogP contribution in [0, 0.1) is 10.1 Å². The third-order valence-corrected chi connectivity index (χ3v) is 7.85. The van der Waals surface area contributed by atoms with Gasteiger partial charge < -0.3 is 9.38 Å². The minimum atomic E-state index is -0.419. The van der Waals surface area contributed by atoms with E-state index in [1.54, 1.807) is 6.07 Å². The Bertz CT molecular complexity index is 1160. The van der Waals surface area contributed by atoms with E-state index >= 15 is 0 Å². The molecule has 3 saturated heterocycles. The second-order valence-corrected chi connectivity index (χ2v) is 9.79. The summed E-state index contributed by atoms with van der Waals surface area (Å²) in [7, 11) is 0. The highest BCUT2D eigenvalue weighted by atomic mass is 32.1. The molecule has 0 unspecified atom stereocenters. The van der Waals surface area contributed by atoms with Gasteiger partial charge in [0, 0.05) is 44.0 Å². The minimum absolute atomic E-state index is 0.0275. The summed E-state index contributed by atoms with van der Waals surface area (Å²) in [5, 5.41) is 20.0. The van der Waals surface area contributed by atoms with Crippen molar-refractivity contribution in [2.75, 3.05) is 63.8 Å². The monoisotopic (exact) mass is 466 g/mol. The summed E-state index contributed by atoms with van der Waals surface area (Å²) in [6.07, 6.45) is 0. The number of aromatic nitrogens is 1. The van der Waals surface area contributed by atoms with Crippen molar-refractivity contribution >= 4 is 43.7 Å². The smallest absolute Gasteiger partial charge is 0.271 e. The van der Waals surface area contributed by atoms with Crippen molar-refractivity contribution in [1.29, 1.82) is 0 Å². The van der Waals surface area contributed by atoms with E-state index in [1.807, 2.05) is 12.1 Å². The average molecular weight is 467 g/mol. The zero-order valence-electron chi connectivity index (χ0n) is 18.8. The summed E-state index contributed by atoms with van der Waals surface area (Å²) in [6, 6.07) is 12.8. The SMILES string of the molecule is CCN(CC[N+]12CCN(CC1)CC2)c1ccc(/N=N/c2nc3cc([N+](=O)[O-])ccc3s2)cc1. The van der Waals surface area contributed by atoms with Crippen molar-refractivity contribution in [3.63, 3.8) is 0 Å².